The summed E-state index contributed by atoms with van der Waals surface area (Å²) in [7, 11) is 0. The molecule has 1 fully saturated rings. The Labute approximate surface area is 154 Å². The number of hydrogen-bond acceptors (Lipinski definition) is 6. The molecule has 1 heterocycles. The molecule has 1 atom stereocenters. The minimum absolute atomic E-state index is 0.0174. The topological polar surface area (TPSA) is 97.0 Å². The van der Waals surface area contributed by atoms with Crippen LogP contribution in [0.25, 0.3) is 0 Å². The van der Waals surface area contributed by atoms with Crippen molar-refractivity contribution in [1.82, 2.24) is 5.32 Å². The number of nitro benzene ring substituents is 1. The van der Waals surface area contributed by atoms with Gasteiger partial charge in [-0.25, -0.2) is 0 Å². The van der Waals surface area contributed by atoms with E-state index >= 15 is 0 Å². The first-order valence-electron chi connectivity index (χ1n) is 7.90. The summed E-state index contributed by atoms with van der Waals surface area (Å²) < 4.78 is 0. The van der Waals surface area contributed by atoms with Crippen LogP contribution < -0.4 is 5.32 Å². The van der Waals surface area contributed by atoms with Crippen molar-refractivity contribution in [2.24, 2.45) is 10.2 Å². The normalized spacial score (nSPS) is 18.4. The van der Waals surface area contributed by atoms with Gasteiger partial charge in [0.05, 0.1) is 16.4 Å². The van der Waals surface area contributed by atoms with Crippen LogP contribution in [0.15, 0.2) is 58.7 Å². The minimum atomic E-state index is -0.469. The molecule has 0 unspecified atom stereocenters. The monoisotopic (exact) mass is 368 g/mol. The largest absolute Gasteiger partial charge is 0.303 e. The van der Waals surface area contributed by atoms with Crippen molar-refractivity contribution in [3.05, 3.63) is 75.3 Å². The van der Waals surface area contributed by atoms with Crippen molar-refractivity contribution < 1.29 is 9.72 Å². The smallest absolute Gasteiger partial charge is 0.272 e. The fraction of sp³-hybridized carbons (Fsp3) is 0.167. The van der Waals surface area contributed by atoms with Crippen LogP contribution in [0.1, 0.15) is 16.7 Å². The Morgan fingerprint density at radius 3 is 2.85 bits per heavy atom. The molecule has 3 rings (SSSR count). The predicted molar refractivity (Wildman–Crippen MR) is 103 cm³/mol. The van der Waals surface area contributed by atoms with Crippen LogP contribution in [0.2, 0.25) is 0 Å². The number of carbonyl (C=O) groups is 1. The fourth-order valence-electron chi connectivity index (χ4n) is 2.55. The van der Waals surface area contributed by atoms with Crippen LogP contribution in [0.5, 0.6) is 0 Å². The second kappa shape index (κ2) is 7.92. The SMILES string of the molecule is Cc1cccc(/C=N\N=C2\NC(=O)[C@@H](Cc3ccccc3[N+](=O)[O-])S2)c1. The number of thioether (sulfide) groups is 1. The fourth-order valence-corrected chi connectivity index (χ4v) is 3.50. The molecule has 2 aromatic carbocycles. The molecule has 8 heteroatoms. The lowest BCUT2D eigenvalue weighted by molar-refractivity contribution is -0.385. The molecule has 0 aliphatic carbocycles. The lowest BCUT2D eigenvalue weighted by Gasteiger charge is -2.05. The maximum Gasteiger partial charge on any atom is 0.272 e. The number of benzene rings is 2. The molecule has 1 aliphatic rings. The minimum Gasteiger partial charge on any atom is -0.303 e. The van der Waals surface area contributed by atoms with Crippen LogP contribution >= 0.6 is 11.8 Å². The van der Waals surface area contributed by atoms with Crippen LogP contribution in [0.3, 0.4) is 0 Å². The lowest BCUT2D eigenvalue weighted by Crippen LogP contribution is -2.26. The van der Waals surface area contributed by atoms with E-state index in [0.717, 1.165) is 11.1 Å². The van der Waals surface area contributed by atoms with Gasteiger partial charge in [0.2, 0.25) is 5.91 Å². The van der Waals surface area contributed by atoms with E-state index in [2.05, 4.69) is 15.5 Å². The van der Waals surface area contributed by atoms with E-state index in [0.29, 0.717) is 10.7 Å². The van der Waals surface area contributed by atoms with E-state index in [1.54, 1.807) is 24.4 Å². The average Bonchev–Trinajstić information content (AvgIpc) is 2.95. The molecule has 0 radical (unpaired) electrons. The Hall–Kier alpha value is -3.00. The molecule has 0 aromatic heterocycles. The molecule has 1 saturated heterocycles. The maximum absolute atomic E-state index is 12.1. The standard InChI is InChI=1S/C18H16N4O3S/c1-12-5-4-6-13(9-12)11-19-21-18-20-17(23)16(26-18)10-14-7-2-3-8-15(14)22(24)25/h2-9,11,16H,10H2,1H3,(H,20,21,23)/b19-11-/t16-/m1/s1. The second-order valence-corrected chi connectivity index (χ2v) is 6.94. The Bertz CT molecular complexity index is 911. The van der Waals surface area contributed by atoms with Crippen molar-refractivity contribution in [1.29, 1.82) is 0 Å². The summed E-state index contributed by atoms with van der Waals surface area (Å²) in [5.41, 5.74) is 2.58. The highest BCUT2D eigenvalue weighted by atomic mass is 32.2. The van der Waals surface area contributed by atoms with Crippen molar-refractivity contribution in [2.75, 3.05) is 0 Å². The Balaban J connectivity index is 1.68. The summed E-state index contributed by atoms with van der Waals surface area (Å²) >= 11 is 1.23. The first-order chi connectivity index (χ1) is 12.5. The average molecular weight is 368 g/mol. The highest BCUT2D eigenvalue weighted by Gasteiger charge is 2.32. The van der Waals surface area contributed by atoms with Crippen molar-refractivity contribution in [3.8, 4) is 0 Å². The first-order valence-corrected chi connectivity index (χ1v) is 8.78. The molecular weight excluding hydrogens is 352 g/mol. The van der Waals surface area contributed by atoms with Crippen molar-refractivity contribution >= 4 is 34.7 Å². The molecule has 0 bridgehead atoms. The molecule has 26 heavy (non-hydrogen) atoms. The summed E-state index contributed by atoms with van der Waals surface area (Å²) in [6, 6.07) is 14.2. The summed E-state index contributed by atoms with van der Waals surface area (Å²) in [6.45, 7) is 1.99. The van der Waals surface area contributed by atoms with Gasteiger partial charge in [0.25, 0.3) is 5.69 Å². The number of nitrogens with zero attached hydrogens (tertiary/aromatic N) is 3. The number of rotatable bonds is 5. The summed E-state index contributed by atoms with van der Waals surface area (Å²) in [5.74, 6) is -0.224. The third-order valence-electron chi connectivity index (χ3n) is 3.77. The van der Waals surface area contributed by atoms with Crippen LogP contribution in [-0.2, 0) is 11.2 Å². The quantitative estimate of drug-likeness (QED) is 0.498. The Morgan fingerprint density at radius 2 is 2.08 bits per heavy atom. The lowest BCUT2D eigenvalue weighted by atomic mass is 10.1. The van der Waals surface area contributed by atoms with E-state index in [-0.39, 0.29) is 18.0 Å². The summed E-state index contributed by atoms with van der Waals surface area (Å²) in [5, 5.41) is 21.7. The highest BCUT2D eigenvalue weighted by molar-refractivity contribution is 8.15. The molecule has 2 aromatic rings. The molecule has 1 N–H and O–H groups in total. The van der Waals surface area contributed by atoms with Gasteiger partial charge in [0.1, 0.15) is 0 Å². The molecule has 1 aliphatic heterocycles. The zero-order valence-corrected chi connectivity index (χ0v) is 14.8. The first kappa shape index (κ1) is 17.8. The number of nitro groups is 1. The molecule has 7 nitrogen and oxygen atoms in total. The maximum atomic E-state index is 12.1. The van der Waals surface area contributed by atoms with E-state index in [1.165, 1.54) is 17.8 Å². The molecule has 0 spiro atoms. The molecule has 132 valence electrons. The van der Waals surface area contributed by atoms with Crippen molar-refractivity contribution in [3.63, 3.8) is 0 Å². The van der Waals surface area contributed by atoms with Crippen LogP contribution in [0.4, 0.5) is 5.69 Å². The van der Waals surface area contributed by atoms with Gasteiger partial charge in [0.15, 0.2) is 5.17 Å². The van der Waals surface area contributed by atoms with E-state index in [9.17, 15) is 14.9 Å². The zero-order valence-electron chi connectivity index (χ0n) is 14.0. The summed E-state index contributed by atoms with van der Waals surface area (Å²) in [4.78, 5) is 22.8. The number of para-hydroxylation sites is 1. The molecule has 0 saturated carbocycles. The van der Waals surface area contributed by atoms with Gasteiger partial charge in [-0.3, -0.25) is 14.9 Å². The van der Waals surface area contributed by atoms with Gasteiger partial charge < -0.3 is 5.32 Å². The number of hydrogen-bond donors (Lipinski definition) is 1. The van der Waals surface area contributed by atoms with Gasteiger partial charge in [-0.15, -0.1) is 5.10 Å². The van der Waals surface area contributed by atoms with Crippen LogP contribution in [0, 0.1) is 17.0 Å². The number of amidine groups is 1. The predicted octanol–water partition coefficient (Wildman–Crippen LogP) is 3.07. The number of aryl methyl sites for hydroxylation is 1. The second-order valence-electron chi connectivity index (χ2n) is 5.75. The van der Waals surface area contributed by atoms with Gasteiger partial charge in [-0.1, -0.05) is 59.8 Å². The third-order valence-corrected chi connectivity index (χ3v) is 4.84. The molecular formula is C18H16N4O3S. The highest BCUT2D eigenvalue weighted by Crippen LogP contribution is 2.27. The summed E-state index contributed by atoms with van der Waals surface area (Å²) in [6.07, 6.45) is 1.87. The third kappa shape index (κ3) is 4.34. The van der Waals surface area contributed by atoms with Gasteiger partial charge >= 0.3 is 0 Å². The van der Waals surface area contributed by atoms with Gasteiger partial charge in [0, 0.05) is 18.1 Å². The number of amides is 1. The van der Waals surface area contributed by atoms with Crippen LogP contribution in [-0.4, -0.2) is 27.5 Å². The molecule has 1 amide bonds. The number of nitrogens with one attached hydrogen (secondary N) is 1. The van der Waals surface area contributed by atoms with E-state index in [1.807, 2.05) is 31.2 Å². The number of carbonyl (C=O) groups excluding carboxylic acids is 1. The Kier molecular flexibility index (Phi) is 5.43. The van der Waals surface area contributed by atoms with Crippen molar-refractivity contribution in [2.45, 2.75) is 18.6 Å². The van der Waals surface area contributed by atoms with E-state index in [4.69, 9.17) is 0 Å². The Morgan fingerprint density at radius 1 is 1.27 bits per heavy atom. The van der Waals surface area contributed by atoms with Gasteiger partial charge in [-0.05, 0) is 12.5 Å². The van der Waals surface area contributed by atoms with E-state index < -0.39 is 10.2 Å². The zero-order chi connectivity index (χ0) is 18.5. The van der Waals surface area contributed by atoms with Gasteiger partial charge in [-0.2, -0.15) is 5.10 Å².